The van der Waals surface area contributed by atoms with Crippen LogP contribution in [0.1, 0.15) is 65.2 Å². The molecule has 4 rings (SSSR count). The van der Waals surface area contributed by atoms with Gasteiger partial charge in [-0.1, -0.05) is 13.8 Å². The Kier molecular flexibility index (Phi) is 3.63. The van der Waals surface area contributed by atoms with Crippen LogP contribution in [0.5, 0.6) is 0 Å². The molecular weight excluding hydrogens is 306 g/mol. The molecule has 3 unspecified atom stereocenters. The molecule has 3 fully saturated rings. The molecule has 0 radical (unpaired) electrons. The number of aliphatic hydroxyl groups excluding tert-OH is 2. The Labute approximate surface area is 143 Å². The predicted octanol–water partition coefficient (Wildman–Crippen LogP) is 3.28. The van der Waals surface area contributed by atoms with Gasteiger partial charge in [0.1, 0.15) is 0 Å². The van der Waals surface area contributed by atoms with E-state index in [0.717, 1.165) is 44.1 Å². The van der Waals surface area contributed by atoms with Gasteiger partial charge in [0.15, 0.2) is 0 Å². The number of hydrogen-bond acceptors (Lipinski definition) is 4. The molecule has 134 valence electrons. The number of rotatable bonds is 1. The third kappa shape index (κ3) is 2.07. The molecule has 2 N–H and O–H groups in total. The number of nitro groups is 1. The van der Waals surface area contributed by atoms with Gasteiger partial charge in [0.05, 0.1) is 17.1 Å². The average molecular weight is 335 g/mol. The van der Waals surface area contributed by atoms with Gasteiger partial charge < -0.3 is 10.2 Å². The molecule has 4 aliphatic rings. The van der Waals surface area contributed by atoms with Gasteiger partial charge in [-0.2, -0.15) is 0 Å². The third-order valence-corrected chi connectivity index (χ3v) is 8.33. The minimum Gasteiger partial charge on any atom is -0.393 e. The van der Waals surface area contributed by atoms with Crippen molar-refractivity contribution in [2.75, 3.05) is 0 Å². The van der Waals surface area contributed by atoms with Crippen molar-refractivity contribution in [1.29, 1.82) is 0 Å². The number of fused-ring (bicyclic) bond motifs is 5. The number of allylic oxidation sites excluding steroid dienone is 1. The van der Waals surface area contributed by atoms with Gasteiger partial charge in [-0.15, -0.1) is 0 Å². The van der Waals surface area contributed by atoms with Crippen LogP contribution in [0.25, 0.3) is 0 Å². The Bertz CT molecular complexity index is 602. The quantitative estimate of drug-likeness (QED) is 0.569. The molecule has 5 heteroatoms. The molecule has 0 aromatic heterocycles. The first-order chi connectivity index (χ1) is 11.3. The van der Waals surface area contributed by atoms with Crippen molar-refractivity contribution >= 4 is 0 Å². The summed E-state index contributed by atoms with van der Waals surface area (Å²) >= 11 is 0. The summed E-state index contributed by atoms with van der Waals surface area (Å²) in [6.07, 6.45) is 5.84. The fraction of sp³-hybridized carbons (Fsp3) is 0.895. The van der Waals surface area contributed by atoms with Gasteiger partial charge in [0.25, 0.3) is 0 Å². The minimum atomic E-state index is -0.429. The van der Waals surface area contributed by atoms with Crippen LogP contribution in [-0.2, 0) is 0 Å². The Morgan fingerprint density at radius 1 is 1.04 bits per heavy atom. The summed E-state index contributed by atoms with van der Waals surface area (Å²) in [5, 5.41) is 32.4. The fourth-order valence-corrected chi connectivity index (χ4v) is 6.91. The Morgan fingerprint density at radius 2 is 1.79 bits per heavy atom. The van der Waals surface area contributed by atoms with E-state index in [1.807, 2.05) is 0 Å². The van der Waals surface area contributed by atoms with Crippen molar-refractivity contribution in [3.63, 3.8) is 0 Å². The summed E-state index contributed by atoms with van der Waals surface area (Å²) in [6.45, 7) is 4.41. The van der Waals surface area contributed by atoms with Crippen molar-refractivity contribution in [3.8, 4) is 0 Å². The summed E-state index contributed by atoms with van der Waals surface area (Å²) in [4.78, 5) is 11.6. The molecule has 3 saturated carbocycles. The molecule has 0 bridgehead atoms. The first-order valence-electron chi connectivity index (χ1n) is 9.50. The Hall–Kier alpha value is -0.940. The molecule has 0 aromatic carbocycles. The normalized spacial score (nSPS) is 50.9. The molecule has 7 atom stereocenters. The lowest BCUT2D eigenvalue weighted by molar-refractivity contribution is -0.434. The van der Waals surface area contributed by atoms with Gasteiger partial charge in [0.2, 0.25) is 5.70 Å². The van der Waals surface area contributed by atoms with Gasteiger partial charge in [-0.25, -0.2) is 0 Å². The molecule has 0 aliphatic heterocycles. The Morgan fingerprint density at radius 3 is 2.50 bits per heavy atom. The van der Waals surface area contributed by atoms with Gasteiger partial charge >= 0.3 is 0 Å². The van der Waals surface area contributed by atoms with Crippen LogP contribution in [0.3, 0.4) is 0 Å². The van der Waals surface area contributed by atoms with Crippen LogP contribution in [0.4, 0.5) is 0 Å². The maximum atomic E-state index is 11.8. The minimum absolute atomic E-state index is 0.0646. The standard InChI is InChI=1S/C19H29NO4/c1-18-7-5-11(21)9-15(18)16(20(23)24)10-12-13-3-4-17(22)19(13,2)8-6-14(12)18/h11-14,17,21-22H,3-10H2,1-2H3/t11-,12?,13?,14?,17-,18+,19-/m0/s1. The van der Waals surface area contributed by atoms with Gasteiger partial charge in [-0.3, -0.25) is 10.1 Å². The van der Waals surface area contributed by atoms with Crippen molar-refractivity contribution in [2.24, 2.45) is 28.6 Å². The topological polar surface area (TPSA) is 83.6 Å². The van der Waals surface area contributed by atoms with Crippen LogP contribution in [0.15, 0.2) is 11.3 Å². The zero-order valence-electron chi connectivity index (χ0n) is 14.7. The lowest BCUT2D eigenvalue weighted by Gasteiger charge is -2.57. The van der Waals surface area contributed by atoms with E-state index in [1.165, 1.54) is 0 Å². The van der Waals surface area contributed by atoms with Crippen LogP contribution in [-0.4, -0.2) is 27.3 Å². The molecule has 0 spiro atoms. The number of hydrogen-bond donors (Lipinski definition) is 2. The first-order valence-corrected chi connectivity index (χ1v) is 9.50. The predicted molar refractivity (Wildman–Crippen MR) is 89.7 cm³/mol. The molecular formula is C19H29NO4. The summed E-state index contributed by atoms with van der Waals surface area (Å²) in [5.41, 5.74) is 1.10. The van der Waals surface area contributed by atoms with Crippen molar-refractivity contribution in [1.82, 2.24) is 0 Å². The highest BCUT2D eigenvalue weighted by atomic mass is 16.6. The van der Waals surface area contributed by atoms with E-state index >= 15 is 0 Å². The molecule has 24 heavy (non-hydrogen) atoms. The second kappa shape index (κ2) is 5.28. The zero-order chi connectivity index (χ0) is 17.3. The maximum Gasteiger partial charge on any atom is 0.246 e. The van der Waals surface area contributed by atoms with Crippen molar-refractivity contribution < 1.29 is 15.1 Å². The van der Waals surface area contributed by atoms with Crippen molar-refractivity contribution in [3.05, 3.63) is 21.4 Å². The third-order valence-electron chi connectivity index (χ3n) is 8.33. The van der Waals surface area contributed by atoms with Gasteiger partial charge in [0, 0.05) is 18.4 Å². The Balaban J connectivity index is 1.78. The van der Waals surface area contributed by atoms with E-state index < -0.39 is 6.10 Å². The second-order valence-corrected chi connectivity index (χ2v) is 9.22. The number of nitrogens with zero attached hydrogens (tertiary/aromatic N) is 1. The highest BCUT2D eigenvalue weighted by Gasteiger charge is 2.61. The SMILES string of the molecule is C[C@]12CC[C@H](O)CC1=C([N+](=O)[O-])CC1C2CC[C@@]2(C)C1CC[C@@H]2O. The van der Waals surface area contributed by atoms with E-state index in [-0.39, 0.29) is 21.9 Å². The molecule has 0 amide bonds. The smallest absolute Gasteiger partial charge is 0.246 e. The zero-order valence-corrected chi connectivity index (χ0v) is 14.7. The molecule has 0 aromatic rings. The van der Waals surface area contributed by atoms with Crippen LogP contribution in [0.2, 0.25) is 0 Å². The number of aliphatic hydroxyl groups is 2. The first kappa shape index (κ1) is 16.5. The summed E-state index contributed by atoms with van der Waals surface area (Å²) < 4.78 is 0. The fourth-order valence-electron chi connectivity index (χ4n) is 6.91. The maximum absolute atomic E-state index is 11.8. The second-order valence-electron chi connectivity index (χ2n) is 9.22. The molecule has 0 saturated heterocycles. The lowest BCUT2D eigenvalue weighted by Crippen LogP contribution is -2.52. The van der Waals surface area contributed by atoms with E-state index in [9.17, 15) is 20.3 Å². The molecule has 4 aliphatic carbocycles. The molecule has 0 heterocycles. The summed E-state index contributed by atoms with van der Waals surface area (Å²) in [7, 11) is 0. The highest BCUT2D eigenvalue weighted by Crippen LogP contribution is 2.65. The van der Waals surface area contributed by atoms with Gasteiger partial charge in [-0.05, 0) is 67.1 Å². The lowest BCUT2D eigenvalue weighted by atomic mass is 9.47. The van der Waals surface area contributed by atoms with Crippen molar-refractivity contribution in [2.45, 2.75) is 77.4 Å². The highest BCUT2D eigenvalue weighted by molar-refractivity contribution is 5.28. The van der Waals surface area contributed by atoms with Crippen LogP contribution in [0, 0.1) is 38.7 Å². The van der Waals surface area contributed by atoms with E-state index in [2.05, 4.69) is 13.8 Å². The van der Waals surface area contributed by atoms with E-state index in [0.29, 0.717) is 36.3 Å². The van der Waals surface area contributed by atoms with E-state index in [4.69, 9.17) is 0 Å². The largest absolute Gasteiger partial charge is 0.393 e. The molecule has 5 nitrogen and oxygen atoms in total. The van der Waals surface area contributed by atoms with E-state index in [1.54, 1.807) is 0 Å². The summed E-state index contributed by atoms with van der Waals surface area (Å²) in [5.74, 6) is 1.17. The summed E-state index contributed by atoms with van der Waals surface area (Å²) in [6, 6.07) is 0. The monoisotopic (exact) mass is 335 g/mol. The average Bonchev–Trinajstić information content (AvgIpc) is 2.83. The van der Waals surface area contributed by atoms with Crippen LogP contribution < -0.4 is 0 Å². The van der Waals surface area contributed by atoms with Crippen LogP contribution >= 0.6 is 0 Å².